The standard InChI is InChI=1S/C13H20N2O2.ClH/c1-14-9-5-8-13(17)15-10-12(16)11-6-3-2-4-7-11;/h2-4,6-7,12,14,16H,5,8-10H2,1H3,(H,15,17);1H. The minimum absolute atomic E-state index is 0. The fourth-order valence-electron chi connectivity index (χ4n) is 1.52. The third kappa shape index (κ3) is 6.59. The normalized spacial score (nSPS) is 11.4. The minimum atomic E-state index is -0.635. The third-order valence-electron chi connectivity index (χ3n) is 2.51. The maximum atomic E-state index is 11.4. The summed E-state index contributed by atoms with van der Waals surface area (Å²) in [5.41, 5.74) is 0.822. The van der Waals surface area contributed by atoms with Gasteiger partial charge in [-0.3, -0.25) is 4.79 Å². The number of halogens is 1. The maximum Gasteiger partial charge on any atom is 0.220 e. The van der Waals surface area contributed by atoms with Crippen molar-refractivity contribution in [2.75, 3.05) is 20.1 Å². The summed E-state index contributed by atoms with van der Waals surface area (Å²) in [5.74, 6) is -0.0183. The van der Waals surface area contributed by atoms with Gasteiger partial charge in [-0.15, -0.1) is 12.4 Å². The summed E-state index contributed by atoms with van der Waals surface area (Å²) < 4.78 is 0. The van der Waals surface area contributed by atoms with Gasteiger partial charge in [-0.2, -0.15) is 0 Å². The third-order valence-corrected chi connectivity index (χ3v) is 2.51. The number of hydrogen-bond donors (Lipinski definition) is 3. The lowest BCUT2D eigenvalue weighted by Crippen LogP contribution is -2.28. The molecule has 0 heterocycles. The van der Waals surface area contributed by atoms with Crippen LogP contribution in [0.3, 0.4) is 0 Å². The van der Waals surface area contributed by atoms with E-state index in [0.717, 1.165) is 18.5 Å². The van der Waals surface area contributed by atoms with Crippen molar-refractivity contribution >= 4 is 18.3 Å². The first-order valence-electron chi connectivity index (χ1n) is 5.88. The molecule has 0 aliphatic carbocycles. The van der Waals surface area contributed by atoms with Crippen LogP contribution in [0.5, 0.6) is 0 Å². The monoisotopic (exact) mass is 272 g/mol. The van der Waals surface area contributed by atoms with Crippen molar-refractivity contribution < 1.29 is 9.90 Å². The van der Waals surface area contributed by atoms with Crippen molar-refractivity contribution in [2.45, 2.75) is 18.9 Å². The van der Waals surface area contributed by atoms with Crippen LogP contribution >= 0.6 is 12.4 Å². The highest BCUT2D eigenvalue weighted by atomic mass is 35.5. The second-order valence-corrected chi connectivity index (χ2v) is 3.94. The Kier molecular flexibility index (Phi) is 9.28. The van der Waals surface area contributed by atoms with Crippen LogP contribution in [0.15, 0.2) is 30.3 Å². The van der Waals surface area contributed by atoms with Crippen molar-refractivity contribution in [3.8, 4) is 0 Å². The lowest BCUT2D eigenvalue weighted by atomic mass is 10.1. The molecule has 1 atom stereocenters. The molecule has 0 saturated heterocycles. The first kappa shape index (κ1) is 16.9. The molecule has 18 heavy (non-hydrogen) atoms. The molecule has 0 aliphatic heterocycles. The summed E-state index contributed by atoms with van der Waals surface area (Å²) >= 11 is 0. The zero-order chi connectivity index (χ0) is 12.5. The number of amides is 1. The Balaban J connectivity index is 0.00000289. The van der Waals surface area contributed by atoms with E-state index < -0.39 is 6.10 Å². The van der Waals surface area contributed by atoms with Gasteiger partial charge in [0.25, 0.3) is 0 Å². The van der Waals surface area contributed by atoms with E-state index in [-0.39, 0.29) is 24.9 Å². The smallest absolute Gasteiger partial charge is 0.220 e. The molecule has 0 aromatic heterocycles. The molecule has 0 aliphatic rings. The Bertz CT molecular complexity index is 333. The molecule has 3 N–H and O–H groups in total. The molecule has 0 bridgehead atoms. The van der Waals surface area contributed by atoms with E-state index in [1.165, 1.54) is 0 Å². The molecule has 0 saturated carbocycles. The highest BCUT2D eigenvalue weighted by molar-refractivity contribution is 5.85. The number of aliphatic hydroxyl groups excluding tert-OH is 1. The van der Waals surface area contributed by atoms with Crippen molar-refractivity contribution in [1.29, 1.82) is 0 Å². The zero-order valence-electron chi connectivity index (χ0n) is 10.6. The fourth-order valence-corrected chi connectivity index (χ4v) is 1.52. The van der Waals surface area contributed by atoms with Gasteiger partial charge < -0.3 is 15.7 Å². The topological polar surface area (TPSA) is 61.4 Å². The first-order chi connectivity index (χ1) is 8.24. The maximum absolute atomic E-state index is 11.4. The second-order valence-electron chi connectivity index (χ2n) is 3.94. The van der Waals surface area contributed by atoms with Gasteiger partial charge in [-0.05, 0) is 25.6 Å². The van der Waals surface area contributed by atoms with Crippen LogP contribution in [0.4, 0.5) is 0 Å². The molecule has 1 aromatic rings. The summed E-state index contributed by atoms with van der Waals surface area (Å²) in [6.45, 7) is 1.09. The van der Waals surface area contributed by atoms with Gasteiger partial charge in [0.1, 0.15) is 0 Å². The van der Waals surface area contributed by atoms with E-state index in [4.69, 9.17) is 0 Å². The van der Waals surface area contributed by atoms with E-state index in [0.29, 0.717) is 6.42 Å². The van der Waals surface area contributed by atoms with Gasteiger partial charge in [0.15, 0.2) is 0 Å². The van der Waals surface area contributed by atoms with Crippen molar-refractivity contribution in [3.63, 3.8) is 0 Å². The van der Waals surface area contributed by atoms with Crippen LogP contribution in [-0.2, 0) is 4.79 Å². The van der Waals surface area contributed by atoms with Crippen LogP contribution in [-0.4, -0.2) is 31.2 Å². The van der Waals surface area contributed by atoms with E-state index in [1.807, 2.05) is 37.4 Å². The molecule has 4 nitrogen and oxygen atoms in total. The number of nitrogens with one attached hydrogen (secondary N) is 2. The van der Waals surface area contributed by atoms with Gasteiger partial charge in [0, 0.05) is 13.0 Å². The van der Waals surface area contributed by atoms with Crippen molar-refractivity contribution in [2.24, 2.45) is 0 Å². The van der Waals surface area contributed by atoms with Gasteiger partial charge >= 0.3 is 0 Å². The molecular formula is C13H21ClN2O2. The van der Waals surface area contributed by atoms with Gasteiger partial charge in [0.05, 0.1) is 6.10 Å². The Morgan fingerprint density at radius 3 is 2.61 bits per heavy atom. The Hall–Kier alpha value is -1.10. The lowest BCUT2D eigenvalue weighted by molar-refractivity contribution is -0.121. The van der Waals surface area contributed by atoms with Crippen molar-refractivity contribution in [1.82, 2.24) is 10.6 Å². The number of rotatable bonds is 7. The zero-order valence-corrected chi connectivity index (χ0v) is 11.4. The molecule has 0 radical (unpaired) electrons. The van der Waals surface area contributed by atoms with E-state index in [1.54, 1.807) is 0 Å². The van der Waals surface area contributed by atoms with Gasteiger partial charge in [-0.25, -0.2) is 0 Å². The average Bonchev–Trinajstić information content (AvgIpc) is 2.37. The SMILES string of the molecule is CNCCCC(=O)NCC(O)c1ccccc1.Cl. The lowest BCUT2D eigenvalue weighted by Gasteiger charge is -2.12. The van der Waals surface area contributed by atoms with Crippen LogP contribution in [0.25, 0.3) is 0 Å². The molecule has 1 unspecified atom stereocenters. The average molecular weight is 273 g/mol. The van der Waals surface area contributed by atoms with E-state index in [9.17, 15) is 9.90 Å². The number of carbonyl (C=O) groups is 1. The van der Waals surface area contributed by atoms with Crippen molar-refractivity contribution in [3.05, 3.63) is 35.9 Å². The van der Waals surface area contributed by atoms with Crippen LogP contribution in [0.1, 0.15) is 24.5 Å². The Morgan fingerprint density at radius 2 is 2.00 bits per heavy atom. The number of hydrogen-bond acceptors (Lipinski definition) is 3. The molecule has 0 spiro atoms. The highest BCUT2D eigenvalue weighted by Gasteiger charge is 2.08. The van der Waals surface area contributed by atoms with E-state index in [2.05, 4.69) is 10.6 Å². The summed E-state index contributed by atoms with van der Waals surface area (Å²) in [4.78, 5) is 11.4. The predicted molar refractivity (Wildman–Crippen MR) is 74.8 cm³/mol. The summed E-state index contributed by atoms with van der Waals surface area (Å²) in [7, 11) is 1.86. The van der Waals surface area contributed by atoms with Crippen LogP contribution in [0, 0.1) is 0 Å². The number of benzene rings is 1. The molecular weight excluding hydrogens is 252 g/mol. The fraction of sp³-hybridized carbons (Fsp3) is 0.462. The molecule has 1 aromatic carbocycles. The summed E-state index contributed by atoms with van der Waals surface area (Å²) in [6.07, 6.45) is 0.663. The second kappa shape index (κ2) is 9.88. The first-order valence-corrected chi connectivity index (χ1v) is 5.88. The van der Waals surface area contributed by atoms with E-state index >= 15 is 0 Å². The van der Waals surface area contributed by atoms with Gasteiger partial charge in [0.2, 0.25) is 5.91 Å². The van der Waals surface area contributed by atoms with Crippen LogP contribution in [0.2, 0.25) is 0 Å². The van der Waals surface area contributed by atoms with Gasteiger partial charge in [-0.1, -0.05) is 30.3 Å². The molecule has 102 valence electrons. The molecule has 1 amide bonds. The minimum Gasteiger partial charge on any atom is -0.387 e. The molecule has 5 heteroatoms. The molecule has 0 fully saturated rings. The summed E-state index contributed by atoms with van der Waals surface area (Å²) in [6, 6.07) is 9.32. The Labute approximate surface area is 114 Å². The number of carbonyl (C=O) groups excluding carboxylic acids is 1. The highest BCUT2D eigenvalue weighted by Crippen LogP contribution is 2.10. The quantitative estimate of drug-likeness (QED) is 0.655. The van der Waals surface area contributed by atoms with Crippen LogP contribution < -0.4 is 10.6 Å². The number of aliphatic hydroxyl groups is 1. The molecule has 1 rings (SSSR count). The summed E-state index contributed by atoms with van der Waals surface area (Å²) in [5, 5.41) is 15.5. The largest absolute Gasteiger partial charge is 0.387 e. The predicted octanol–water partition coefficient (Wildman–Crippen LogP) is 1.26. The Morgan fingerprint density at radius 1 is 1.33 bits per heavy atom.